The molecule has 0 saturated carbocycles. The summed E-state index contributed by atoms with van der Waals surface area (Å²) in [6.45, 7) is 3.18. The number of carbonyl (C=O) groups is 4. The van der Waals surface area contributed by atoms with Gasteiger partial charge in [-0.1, -0.05) is 7.43 Å². The van der Waals surface area contributed by atoms with E-state index in [1.54, 1.807) is 152 Å². The number of aryl methyl sites for hydroxylation is 1. The Kier molecular flexibility index (Phi) is 58.8. The summed E-state index contributed by atoms with van der Waals surface area (Å²) in [6.07, 6.45) is 4.53. The maximum atomic E-state index is 12.9. The van der Waals surface area contributed by atoms with Crippen LogP contribution in [0.2, 0.25) is 0 Å². The molecule has 12 aromatic carbocycles. The Morgan fingerprint density at radius 2 is 0.699 bits per heavy atom. The third-order valence-electron chi connectivity index (χ3n) is 16.1. The number of ether oxygens (including phenoxy) is 7. The van der Waals surface area contributed by atoms with Crippen molar-refractivity contribution in [3.63, 3.8) is 0 Å². The van der Waals surface area contributed by atoms with Crippen molar-refractivity contribution in [2.45, 2.75) is 34.0 Å². The van der Waals surface area contributed by atoms with Gasteiger partial charge in [0, 0.05) is 55.1 Å². The van der Waals surface area contributed by atoms with E-state index in [4.69, 9.17) is 75.7 Å². The van der Waals surface area contributed by atoms with Crippen LogP contribution >= 0.6 is 0 Å². The van der Waals surface area contributed by atoms with Gasteiger partial charge in [-0.2, -0.15) is 10.5 Å². The topological polar surface area (TPSA) is 476 Å². The van der Waals surface area contributed by atoms with Gasteiger partial charge in [-0.05, 0) is 323 Å². The third kappa shape index (κ3) is 46.2. The van der Waals surface area contributed by atoms with Crippen molar-refractivity contribution in [2.75, 3.05) is 14.2 Å². The summed E-state index contributed by atoms with van der Waals surface area (Å²) in [5, 5.41) is 52.0. The molecule has 0 aliphatic heterocycles. The van der Waals surface area contributed by atoms with Crippen LogP contribution in [0.25, 0.3) is 34.0 Å². The molecule has 0 spiro atoms. The number of aromatic carboxylic acids is 1. The molecule has 0 aliphatic rings. The van der Waals surface area contributed by atoms with E-state index in [0.29, 0.717) is 92.0 Å². The van der Waals surface area contributed by atoms with Crippen LogP contribution in [0.15, 0.2) is 328 Å². The molecular weight excluding hydrogens is 1840 g/mol. The van der Waals surface area contributed by atoms with Crippen LogP contribution in [0.1, 0.15) is 65.7 Å². The molecule has 136 heavy (non-hydrogen) atoms. The summed E-state index contributed by atoms with van der Waals surface area (Å²) >= 11 is 0. The van der Waals surface area contributed by atoms with E-state index in [-0.39, 0.29) is 241 Å². The number of hydrogen-bond donors (Lipinski definition) is 5. The number of nitrogen functional groups attached to an aromatic ring is 1. The summed E-state index contributed by atoms with van der Waals surface area (Å²) in [6, 6.07) is 82.7. The molecule has 1 amide bonds. The van der Waals surface area contributed by atoms with Gasteiger partial charge in [-0.3, -0.25) is 19.8 Å². The summed E-state index contributed by atoms with van der Waals surface area (Å²) < 4.78 is 125. The van der Waals surface area contributed by atoms with Crippen LogP contribution in [0.5, 0.6) is 63.2 Å². The Morgan fingerprint density at radius 1 is 0.441 bits per heavy atom. The number of nitrogens with one attached hydrogen (secondary N) is 1. The van der Waals surface area contributed by atoms with E-state index in [2.05, 4.69) is 34.8 Å². The third-order valence-corrected chi connectivity index (χ3v) is 16.1. The maximum Gasteiger partial charge on any atom is 1.00 e. The van der Waals surface area contributed by atoms with Crippen molar-refractivity contribution in [3.05, 3.63) is 403 Å². The van der Waals surface area contributed by atoms with Crippen molar-refractivity contribution >= 4 is 30.0 Å². The van der Waals surface area contributed by atoms with Gasteiger partial charge in [0.1, 0.15) is 127 Å². The zero-order valence-electron chi connectivity index (χ0n) is 74.3. The van der Waals surface area contributed by atoms with Crippen LogP contribution in [-0.2, 0) is 24.0 Å². The molecule has 0 unspecified atom stereocenters. The molecule has 0 radical (unpaired) electrons. The number of Topliss-reactive ketones (excluding diaryl/α,β-unsaturated/α-hetero) is 1. The standard InChI is InChI=1S/C17H12FN3O2.C17H11FN2O3.C17H13FN2O.C13H11FN2O.C13H8FNO.C7H4FN.C6H5FO.C6H12O3.CH2O3.CH4.2K.H3N.Na.H2O.H/c18-12-3-7-14(8-4-12)23-13-5-1-11(2-6-13)17-20-10-9-15(21-17)16(19)22;18-12-3-7-14(8-4-12)23-13-5-1-11(2-6-13)16-19-10-9-15(20-16)17(21)22;1-12-19-11-10-17(20-12)13-2-6-15(7-3-13)21-16-8-4-14(18)5-9-16;14-10-3-7-12(8-4-10)17-11-5-1-9(2-6-11)13(15)16;14-11-3-7-13(8-4-11)16-12-5-1-10(9-15)2-6-12;8-7-3-1-6(5-9)2-4-7;7-5-1-3-6(8)4-2-5;1-5(7)4-6(8-2)9-3;2-1-4-3;;;;;;;/h1-10H,(H2,19,22);1-10H,(H,21,22);2-11H,1H3;1-8H,(H3,15,16);1-8H;1-4H;1-4,8H;6H,4H2,1-3H3;1,3H;1H4;;;1H3;;1H2;/q;;;;;;;;;;2*+1;;+1;;-1/p-2. The first-order valence-corrected chi connectivity index (χ1v) is 37.9. The number of phenolic OH excluding ortho intramolecular Hbond substituents is 1. The molecule has 686 valence electrons. The first-order chi connectivity index (χ1) is 62.6. The average Bonchev–Trinajstić information content (AvgIpc) is 0.839. The van der Waals surface area contributed by atoms with Crippen molar-refractivity contribution in [2.24, 2.45) is 11.5 Å². The number of rotatable bonds is 21. The Morgan fingerprint density at radius 3 is 0.956 bits per heavy atom. The fourth-order valence-corrected chi connectivity index (χ4v) is 9.86. The molecule has 28 nitrogen and oxygen atoms in total. The zero-order valence-corrected chi connectivity index (χ0v) is 81.5. The number of amides is 1. The Bertz CT molecular complexity index is 6000. The summed E-state index contributed by atoms with van der Waals surface area (Å²) in [7, 11) is 3.02. The molecule has 0 aliphatic carbocycles. The van der Waals surface area contributed by atoms with Crippen molar-refractivity contribution in [3.8, 4) is 109 Å². The minimum atomic E-state index is -1.36. The maximum absolute atomic E-state index is 12.9. The number of phenols is 1. The van der Waals surface area contributed by atoms with E-state index < -0.39 is 11.9 Å². The van der Waals surface area contributed by atoms with E-state index in [1.807, 2.05) is 49.4 Å². The summed E-state index contributed by atoms with van der Waals surface area (Å²) in [5.41, 5.74) is 15.4. The van der Waals surface area contributed by atoms with Gasteiger partial charge < -0.3 is 82.8 Å². The number of ketones is 1. The van der Waals surface area contributed by atoms with Gasteiger partial charge in [0.05, 0.1) is 47.0 Å². The number of nitrogens with two attached hydrogens (primary N) is 2. The number of halogens is 7. The molecule has 0 saturated heterocycles. The molecule has 0 bridgehead atoms. The van der Waals surface area contributed by atoms with Gasteiger partial charge in [-0.15, -0.1) is 0 Å². The molecule has 0 atom stereocenters. The van der Waals surface area contributed by atoms with E-state index in [0.717, 1.165) is 22.6 Å². The largest absolute Gasteiger partial charge is 1.00 e. The first-order valence-electron chi connectivity index (χ1n) is 37.9. The monoisotopic (exact) mass is 1920 g/mol. The molecule has 3 heterocycles. The number of primary amides is 1. The van der Waals surface area contributed by atoms with Crippen LogP contribution in [0, 0.1) is 75.7 Å². The van der Waals surface area contributed by atoms with Crippen molar-refractivity contribution in [1.82, 2.24) is 36.1 Å². The average molecular weight is 1920 g/mol. The normalized spacial score (nSPS) is 9.38. The van der Waals surface area contributed by atoms with Crippen LogP contribution < -0.4 is 184 Å². The van der Waals surface area contributed by atoms with E-state index in [1.165, 1.54) is 167 Å². The Hall–Kier alpha value is -13.2. The molecular formula is C98H86F7K2N12NaO16. The number of carbonyl (C=O) groups excluding carboxylic acids is 4. The van der Waals surface area contributed by atoms with E-state index >= 15 is 0 Å². The molecule has 3 aromatic heterocycles. The number of hydrogen-bond acceptors (Lipinski definition) is 25. The Labute approximate surface area is 886 Å². The number of carboxylic acids is 1. The molecule has 0 fully saturated rings. The second kappa shape index (κ2) is 66.2. The number of amidine groups is 1. The Balaban J connectivity index is 0.00000156. The van der Waals surface area contributed by atoms with Gasteiger partial charge in [0.2, 0.25) is 0 Å². The number of carboxylic acid groups (broad SMARTS) is 1. The fourth-order valence-electron chi connectivity index (χ4n) is 9.86. The molecule has 15 rings (SSSR count). The summed E-state index contributed by atoms with van der Waals surface area (Å²) in [4.78, 5) is 68.2. The second-order valence-electron chi connectivity index (χ2n) is 25.7. The zero-order chi connectivity index (χ0) is 94.1. The number of aromatic nitrogens is 6. The number of nitrogens with zero attached hydrogens (tertiary/aromatic N) is 8. The van der Waals surface area contributed by atoms with E-state index in [9.17, 15) is 50.2 Å². The quantitative estimate of drug-likeness (QED) is 0.00652. The second-order valence-corrected chi connectivity index (χ2v) is 25.7. The van der Waals surface area contributed by atoms with Crippen LogP contribution in [0.3, 0.4) is 0 Å². The minimum Gasteiger partial charge on any atom is -1.00 e. The fraction of sp³-hybridized carbons (Fsp3) is 0.0714. The van der Waals surface area contributed by atoms with Gasteiger partial charge >= 0.3 is 132 Å². The van der Waals surface area contributed by atoms with Crippen molar-refractivity contribution in [1.29, 1.82) is 15.9 Å². The predicted octanol–water partition coefficient (Wildman–Crippen LogP) is 9.73. The molecule has 38 heteroatoms. The van der Waals surface area contributed by atoms with Crippen molar-refractivity contribution < 1.29 is 243 Å². The number of nitriles is 2. The van der Waals surface area contributed by atoms with Gasteiger partial charge in [0.15, 0.2) is 17.9 Å². The van der Waals surface area contributed by atoms with Crippen LogP contribution in [0.4, 0.5) is 30.7 Å². The first kappa shape index (κ1) is 121. The predicted molar refractivity (Wildman–Crippen MR) is 477 cm³/mol. The SMILES string of the molecule is C.COC(CC(C)=O)OC.Cc1nccc(-c2ccc(Oc3ccc(F)cc3)cc2)n1.N.N#Cc1ccc(F)cc1.N#Cc1ccc(Oc2ccc(F)cc2)cc1.N=C(N)c1ccc(Oc2ccc(F)cc2)cc1.NC(=O)c1ccnc(-c2ccc(Oc3ccc(F)cc3)cc2)n1.O.O=C([O-])c1ccnc(-c2ccc(Oc3ccc(F)cc3)cc2)n1.O=CO[O-].Oc1ccc(F)cc1.[H-].[K+].[K+].[Na+]. The molecule has 15 aromatic rings. The number of benzene rings is 12. The number of aromatic hydroxyl groups is 1. The minimum absolute atomic E-state index is 0. The van der Waals surface area contributed by atoms with Gasteiger partial charge in [0.25, 0.3) is 12.4 Å². The molecule has 11 N–H and O–H groups in total. The smallest absolute Gasteiger partial charge is 1.00 e. The van der Waals surface area contributed by atoms with Crippen LogP contribution in [-0.4, -0.2) is 91.0 Å². The summed E-state index contributed by atoms with van der Waals surface area (Å²) in [5.74, 6) is 3.26. The number of methoxy groups -OCH3 is 2. The van der Waals surface area contributed by atoms with Gasteiger partial charge in [-0.25, -0.2) is 60.6 Å².